The number of urea groups is 1. The van der Waals surface area contributed by atoms with Crippen molar-refractivity contribution in [3.8, 4) is 0 Å². The van der Waals surface area contributed by atoms with Crippen molar-refractivity contribution in [1.29, 1.82) is 0 Å². The number of carbonyl (C=O) groups is 1. The van der Waals surface area contributed by atoms with Crippen LogP contribution in [-0.4, -0.2) is 28.4 Å². The summed E-state index contributed by atoms with van der Waals surface area (Å²) in [6.07, 6.45) is 0. The van der Waals surface area contributed by atoms with E-state index in [1.165, 1.54) is 6.07 Å². The van der Waals surface area contributed by atoms with Gasteiger partial charge in [0.05, 0.1) is 16.2 Å². The first-order valence-corrected chi connectivity index (χ1v) is 6.23. The number of nitrogens with one attached hydrogen (secondary N) is 1. The first-order chi connectivity index (χ1) is 8.91. The Morgan fingerprint density at radius 3 is 2.68 bits per heavy atom. The number of nitro benzene ring substituents is 1. The van der Waals surface area contributed by atoms with Crippen molar-refractivity contribution in [2.75, 3.05) is 11.9 Å². The highest BCUT2D eigenvalue weighted by atomic mass is 16.6. The quantitative estimate of drug-likeness (QED) is 0.658. The van der Waals surface area contributed by atoms with Gasteiger partial charge in [0.25, 0.3) is 5.69 Å². The second-order valence-corrected chi connectivity index (χ2v) is 5.01. The van der Waals surface area contributed by atoms with E-state index in [0.29, 0.717) is 17.2 Å². The van der Waals surface area contributed by atoms with Gasteiger partial charge in [-0.15, -0.1) is 0 Å². The van der Waals surface area contributed by atoms with Crippen LogP contribution in [-0.2, 0) is 0 Å². The number of likely N-dealkylation sites (tertiary alicyclic amines) is 1. The lowest BCUT2D eigenvalue weighted by Crippen LogP contribution is -2.57. The molecule has 0 aliphatic carbocycles. The maximum atomic E-state index is 12.0. The molecule has 2 rings (SSSR count). The number of rotatable bonds is 2. The van der Waals surface area contributed by atoms with Gasteiger partial charge in [-0.05, 0) is 25.8 Å². The summed E-state index contributed by atoms with van der Waals surface area (Å²) in [5.74, 6) is 0.497. The van der Waals surface area contributed by atoms with Gasteiger partial charge in [-0.2, -0.15) is 0 Å². The van der Waals surface area contributed by atoms with Crippen LogP contribution in [0.3, 0.4) is 0 Å². The molecule has 6 heteroatoms. The second kappa shape index (κ2) is 4.87. The van der Waals surface area contributed by atoms with Gasteiger partial charge in [0.2, 0.25) is 0 Å². The smallest absolute Gasteiger partial charge is 0.321 e. The fraction of sp³-hybridized carbons (Fsp3) is 0.462. The molecule has 0 saturated carbocycles. The molecule has 1 aliphatic rings. The highest BCUT2D eigenvalue weighted by Crippen LogP contribution is 2.28. The predicted octanol–water partition coefficient (Wildman–Crippen LogP) is 2.78. The number of anilines is 1. The normalized spacial score (nSPS) is 21.7. The molecule has 0 aromatic heterocycles. The van der Waals surface area contributed by atoms with Gasteiger partial charge < -0.3 is 10.2 Å². The van der Waals surface area contributed by atoms with E-state index >= 15 is 0 Å². The van der Waals surface area contributed by atoms with Gasteiger partial charge >= 0.3 is 6.03 Å². The Morgan fingerprint density at radius 1 is 1.47 bits per heavy atom. The van der Waals surface area contributed by atoms with Crippen molar-refractivity contribution >= 4 is 17.4 Å². The van der Waals surface area contributed by atoms with Crippen LogP contribution in [0.2, 0.25) is 0 Å². The first kappa shape index (κ1) is 13.3. The van der Waals surface area contributed by atoms with E-state index in [1.807, 2.05) is 6.92 Å². The van der Waals surface area contributed by atoms with E-state index in [2.05, 4.69) is 12.2 Å². The number of carbonyl (C=O) groups excluding carboxylic acids is 1. The molecule has 1 fully saturated rings. The van der Waals surface area contributed by atoms with E-state index in [0.717, 1.165) is 6.54 Å². The van der Waals surface area contributed by atoms with Crippen LogP contribution in [0.1, 0.15) is 19.4 Å². The summed E-state index contributed by atoms with van der Waals surface area (Å²) in [6, 6.07) is 4.68. The van der Waals surface area contributed by atoms with Gasteiger partial charge in [0, 0.05) is 18.7 Å². The maximum Gasteiger partial charge on any atom is 0.322 e. The molecular weight excluding hydrogens is 246 g/mol. The average molecular weight is 263 g/mol. The molecule has 1 N–H and O–H groups in total. The van der Waals surface area contributed by atoms with Crippen LogP contribution < -0.4 is 5.32 Å². The van der Waals surface area contributed by atoms with E-state index < -0.39 is 4.92 Å². The van der Waals surface area contributed by atoms with Crippen LogP contribution in [0.15, 0.2) is 18.2 Å². The van der Waals surface area contributed by atoms with E-state index in [1.54, 1.807) is 24.0 Å². The summed E-state index contributed by atoms with van der Waals surface area (Å²) in [5, 5.41) is 13.6. The van der Waals surface area contributed by atoms with Crippen molar-refractivity contribution in [3.63, 3.8) is 0 Å². The lowest BCUT2D eigenvalue weighted by molar-refractivity contribution is -0.385. The van der Waals surface area contributed by atoms with Gasteiger partial charge in [-0.25, -0.2) is 4.79 Å². The Morgan fingerprint density at radius 2 is 2.16 bits per heavy atom. The maximum absolute atomic E-state index is 12.0. The van der Waals surface area contributed by atoms with Gasteiger partial charge in [0.15, 0.2) is 0 Å². The summed E-state index contributed by atoms with van der Waals surface area (Å²) in [5.41, 5.74) is 0.982. The Labute approximate surface area is 111 Å². The largest absolute Gasteiger partial charge is 0.322 e. The average Bonchev–Trinajstić information content (AvgIpc) is 2.37. The molecule has 0 bridgehead atoms. The number of benzene rings is 1. The molecule has 19 heavy (non-hydrogen) atoms. The van der Waals surface area contributed by atoms with Crippen LogP contribution in [0, 0.1) is 23.0 Å². The highest BCUT2D eigenvalue weighted by molar-refractivity contribution is 5.91. The Balaban J connectivity index is 2.14. The minimum atomic E-state index is -0.445. The molecule has 2 amide bonds. The second-order valence-electron chi connectivity index (χ2n) is 5.01. The molecule has 1 aromatic carbocycles. The third-order valence-corrected chi connectivity index (χ3v) is 3.80. The third kappa shape index (κ3) is 2.38. The van der Waals surface area contributed by atoms with Crippen molar-refractivity contribution in [2.45, 2.75) is 26.8 Å². The van der Waals surface area contributed by atoms with E-state index in [4.69, 9.17) is 0 Å². The molecule has 1 heterocycles. The fourth-order valence-electron chi connectivity index (χ4n) is 2.21. The lowest BCUT2D eigenvalue weighted by Gasteiger charge is -2.44. The van der Waals surface area contributed by atoms with Crippen LogP contribution in [0.4, 0.5) is 16.2 Å². The molecule has 0 spiro atoms. The monoisotopic (exact) mass is 263 g/mol. The predicted molar refractivity (Wildman–Crippen MR) is 72.2 cm³/mol. The number of nitrogens with zero attached hydrogens (tertiary/aromatic N) is 2. The van der Waals surface area contributed by atoms with Crippen molar-refractivity contribution in [2.24, 2.45) is 5.92 Å². The van der Waals surface area contributed by atoms with E-state index in [9.17, 15) is 14.9 Å². The van der Waals surface area contributed by atoms with Gasteiger partial charge in [0.1, 0.15) is 0 Å². The summed E-state index contributed by atoms with van der Waals surface area (Å²) in [7, 11) is 0. The number of hydrogen-bond acceptors (Lipinski definition) is 3. The number of amides is 2. The molecule has 102 valence electrons. The Hall–Kier alpha value is -2.11. The van der Waals surface area contributed by atoms with Crippen LogP contribution in [0.25, 0.3) is 0 Å². The van der Waals surface area contributed by atoms with E-state index in [-0.39, 0.29) is 17.8 Å². The zero-order valence-electron chi connectivity index (χ0n) is 11.2. The summed E-state index contributed by atoms with van der Waals surface area (Å²) in [4.78, 5) is 24.1. The fourth-order valence-corrected chi connectivity index (χ4v) is 2.21. The van der Waals surface area contributed by atoms with Gasteiger partial charge in [-0.3, -0.25) is 10.1 Å². The summed E-state index contributed by atoms with van der Waals surface area (Å²) >= 11 is 0. The summed E-state index contributed by atoms with van der Waals surface area (Å²) in [6.45, 7) is 6.44. The highest BCUT2D eigenvalue weighted by Gasteiger charge is 2.35. The molecular formula is C13H17N3O3. The molecule has 6 nitrogen and oxygen atoms in total. The minimum absolute atomic E-state index is 0.0165. The third-order valence-electron chi connectivity index (χ3n) is 3.80. The molecule has 1 aliphatic heterocycles. The molecule has 1 saturated heterocycles. The lowest BCUT2D eigenvalue weighted by atomic mass is 9.93. The van der Waals surface area contributed by atoms with Crippen molar-refractivity contribution in [3.05, 3.63) is 33.9 Å². The number of nitro groups is 1. The van der Waals surface area contributed by atoms with Gasteiger partial charge in [-0.1, -0.05) is 13.0 Å². The Bertz CT molecular complexity index is 530. The first-order valence-electron chi connectivity index (χ1n) is 6.23. The van der Waals surface area contributed by atoms with Crippen LogP contribution in [0.5, 0.6) is 0 Å². The molecule has 2 unspecified atom stereocenters. The zero-order chi connectivity index (χ0) is 14.2. The summed E-state index contributed by atoms with van der Waals surface area (Å²) < 4.78 is 0. The molecule has 0 radical (unpaired) electrons. The topological polar surface area (TPSA) is 75.5 Å². The van der Waals surface area contributed by atoms with Crippen molar-refractivity contribution < 1.29 is 9.72 Å². The SMILES string of the molecule is Cc1c(NC(=O)N2CC(C)C2C)cccc1[N+](=O)[O-]. The Kier molecular flexibility index (Phi) is 3.42. The number of hydrogen-bond donors (Lipinski definition) is 1. The zero-order valence-corrected chi connectivity index (χ0v) is 11.2. The molecule has 1 aromatic rings. The molecule has 2 atom stereocenters. The van der Waals surface area contributed by atoms with Crippen LogP contribution >= 0.6 is 0 Å². The minimum Gasteiger partial charge on any atom is -0.321 e. The standard InChI is InChI=1S/C13H17N3O3/c1-8-7-15(10(8)3)13(17)14-11-5-4-6-12(9(11)2)16(18)19/h4-6,8,10H,7H2,1-3H3,(H,14,17). The van der Waals surface area contributed by atoms with Crippen molar-refractivity contribution in [1.82, 2.24) is 4.90 Å².